The molecule has 0 spiro atoms. The van der Waals surface area contributed by atoms with Gasteiger partial charge in [-0.05, 0) is 146 Å². The molecule has 10 rings (SSSR count). The number of hydrogen-bond donors (Lipinski definition) is 2. The molecule has 440 valence electrons. The summed E-state index contributed by atoms with van der Waals surface area (Å²) < 4.78 is 42.0. The van der Waals surface area contributed by atoms with Gasteiger partial charge in [-0.25, -0.2) is 19.9 Å². The van der Waals surface area contributed by atoms with Crippen molar-refractivity contribution in [3.05, 3.63) is 173 Å². The van der Waals surface area contributed by atoms with Crippen molar-refractivity contribution in [2.45, 2.75) is 110 Å². The van der Waals surface area contributed by atoms with Crippen LogP contribution in [0, 0.1) is 23.7 Å². The van der Waals surface area contributed by atoms with Gasteiger partial charge in [-0.1, -0.05) is 97.9 Å². The molecule has 2 amide bonds. The maximum absolute atomic E-state index is 13.5. The quantitative estimate of drug-likeness (QED) is 0.0427. The molecule has 2 saturated heterocycles. The zero-order chi connectivity index (χ0) is 58.0. The van der Waals surface area contributed by atoms with Crippen molar-refractivity contribution in [3.8, 4) is 11.1 Å². The number of imidazole rings is 2. The number of carbonyl (C=O) groups excluding carboxylic acids is 2. The second kappa shape index (κ2) is 31.8. The largest absolute Gasteiger partial charge is 0.488 e. The molecule has 0 radical (unpaired) electrons. The summed E-state index contributed by atoms with van der Waals surface area (Å²) in [4.78, 5) is 47.5. The minimum Gasteiger partial charge on any atom is -0.423 e. The first-order chi connectivity index (χ1) is 39.8. The fourth-order valence-corrected chi connectivity index (χ4v) is 11.5. The van der Waals surface area contributed by atoms with E-state index in [1.54, 1.807) is 20.3 Å². The van der Waals surface area contributed by atoms with E-state index in [1.165, 1.54) is 41.2 Å². The number of piperidine rings is 2. The summed E-state index contributed by atoms with van der Waals surface area (Å²) in [6.07, 6.45) is 11.5. The van der Waals surface area contributed by atoms with E-state index < -0.39 is 19.0 Å². The van der Waals surface area contributed by atoms with E-state index in [1.807, 2.05) is 29.2 Å². The predicted molar refractivity (Wildman–Crippen MR) is 329 cm³/mol. The van der Waals surface area contributed by atoms with Gasteiger partial charge >= 0.3 is 7.12 Å². The number of pyridine rings is 2. The van der Waals surface area contributed by atoms with Crippen molar-refractivity contribution < 1.29 is 37.9 Å². The van der Waals surface area contributed by atoms with Crippen molar-refractivity contribution in [1.82, 2.24) is 38.9 Å². The van der Waals surface area contributed by atoms with E-state index in [4.69, 9.17) is 29.5 Å². The molecule has 2 aliphatic heterocycles. The third-order valence-corrected chi connectivity index (χ3v) is 15.8. The Labute approximate surface area is 496 Å². The predicted octanol–water partition coefficient (Wildman–Crippen LogP) is 11.6. The highest BCUT2D eigenvalue weighted by Crippen LogP contribution is 2.33. The molecular formula is C65H80BBrF2N8O6. The van der Waals surface area contributed by atoms with Gasteiger partial charge in [0.1, 0.15) is 11.6 Å². The Morgan fingerprint density at radius 3 is 1.54 bits per heavy atom. The van der Waals surface area contributed by atoms with E-state index >= 15 is 0 Å². The number of halogens is 3. The van der Waals surface area contributed by atoms with Crippen LogP contribution in [-0.4, -0.2) is 121 Å². The van der Waals surface area contributed by atoms with Crippen molar-refractivity contribution in [2.24, 2.45) is 11.8 Å². The normalized spacial score (nSPS) is 15.8. The Balaban J connectivity index is 0.000000204. The van der Waals surface area contributed by atoms with E-state index in [-0.39, 0.29) is 42.5 Å². The second-order valence-electron chi connectivity index (χ2n) is 21.8. The van der Waals surface area contributed by atoms with Crippen molar-refractivity contribution >= 4 is 62.4 Å². The highest BCUT2D eigenvalue weighted by Gasteiger charge is 2.31. The molecule has 2 N–H and O–H groups in total. The third kappa shape index (κ3) is 18.2. The molecule has 14 nitrogen and oxygen atoms in total. The molecule has 0 unspecified atom stereocenters. The standard InChI is InChI=1S/C32H37FN4O2.C27H34BrN3O2.C5H5BFNO2.CH4/c1-23(19-24-10-12-25(13-11-24)26-14-15-34-30(33)21-26)20-31(38)36-16-5-7-27(22-36)32-35-28-8-3-4-9-29(28)37(32)17-6-18-39-2;1-20(17-21-10-12-23(28)13-11-21)18-26(32)30-14-5-7-22(19-30)27-29-24-8-3-4-9-25(24)31(27)15-6-16-33-2;7-5-3-4(6(9)10)1-2-8-5;/h3-4,8-15,21,23,27H,5-7,16-20,22H2,1-2H3;3-4,8-13,20,22H,5-7,14-19H2,1-2H3;1-3,9-10H;1H4/t23-,27-;20-,22-;;/m11../s1. The molecule has 83 heavy (non-hydrogen) atoms. The summed E-state index contributed by atoms with van der Waals surface area (Å²) in [5.41, 5.74) is 8.71. The number of aryl methyl sites for hydroxylation is 2. The van der Waals surface area contributed by atoms with E-state index in [0.29, 0.717) is 25.4 Å². The zero-order valence-corrected chi connectivity index (χ0v) is 49.1. The molecule has 0 bridgehead atoms. The molecular weight excluding hydrogens is 1120 g/mol. The average Bonchev–Trinajstić information content (AvgIpc) is 3.47. The number of nitrogens with zero attached hydrogens (tertiary/aromatic N) is 8. The van der Waals surface area contributed by atoms with Gasteiger partial charge in [0.25, 0.3) is 0 Å². The number of methoxy groups -OCH3 is 2. The highest BCUT2D eigenvalue weighted by molar-refractivity contribution is 9.10. The SMILES string of the molecule is C.COCCCn1c([C@@H]2CCCN(C(=O)C[C@H](C)Cc3ccc(-c4ccnc(F)c4)cc3)C2)nc2ccccc21.COCCCn1c([C@@H]2CCCN(C(=O)C[C@H](C)Cc3ccc(Br)cc3)C2)nc2ccccc21.OB(O)c1ccnc(F)c1. The second-order valence-corrected chi connectivity index (χ2v) is 22.7. The monoisotopic (exact) mass is 1200 g/mol. The van der Waals surface area contributed by atoms with E-state index in [9.17, 15) is 18.4 Å². The van der Waals surface area contributed by atoms with Crippen LogP contribution in [0.1, 0.15) is 107 Å². The van der Waals surface area contributed by atoms with Crippen LogP contribution in [0.25, 0.3) is 33.2 Å². The van der Waals surface area contributed by atoms with Crippen LogP contribution in [0.15, 0.2) is 138 Å². The molecule has 2 fully saturated rings. The van der Waals surface area contributed by atoms with Gasteiger partial charge < -0.3 is 38.5 Å². The molecule has 2 aliphatic rings. The van der Waals surface area contributed by atoms with Crippen molar-refractivity contribution in [1.29, 1.82) is 0 Å². The number of ether oxygens (including phenoxy) is 2. The van der Waals surface area contributed by atoms with Gasteiger partial charge in [-0.3, -0.25) is 9.59 Å². The molecule has 8 aromatic rings. The zero-order valence-electron chi connectivity index (χ0n) is 47.6. The Morgan fingerprint density at radius 1 is 0.639 bits per heavy atom. The van der Waals surface area contributed by atoms with Crippen LogP contribution in [0.5, 0.6) is 0 Å². The fraction of sp³-hybridized carbons (Fsp3) is 0.415. The first-order valence-electron chi connectivity index (χ1n) is 28.6. The van der Waals surface area contributed by atoms with Gasteiger partial charge in [-0.2, -0.15) is 8.78 Å². The lowest BCUT2D eigenvalue weighted by Gasteiger charge is -2.33. The number of hydrogen-bond acceptors (Lipinski definition) is 10. The van der Waals surface area contributed by atoms with Crippen LogP contribution in [0.2, 0.25) is 0 Å². The van der Waals surface area contributed by atoms with Gasteiger partial charge in [0.2, 0.25) is 23.7 Å². The Kier molecular flexibility index (Phi) is 24.5. The summed E-state index contributed by atoms with van der Waals surface area (Å²) in [5.74, 6) is 2.55. The Bertz CT molecular complexity index is 3310. The summed E-state index contributed by atoms with van der Waals surface area (Å²) in [7, 11) is 1.85. The third-order valence-electron chi connectivity index (χ3n) is 15.3. The number of amides is 2. The van der Waals surface area contributed by atoms with Crippen LogP contribution in [0.4, 0.5) is 8.78 Å². The van der Waals surface area contributed by atoms with Crippen LogP contribution in [0.3, 0.4) is 0 Å². The molecule has 0 saturated carbocycles. The number of benzene rings is 4. The molecule has 4 atom stereocenters. The smallest absolute Gasteiger partial charge is 0.423 e. The first kappa shape index (κ1) is 63.9. The first-order valence-corrected chi connectivity index (χ1v) is 29.4. The summed E-state index contributed by atoms with van der Waals surface area (Å²) in [6, 6.07) is 38.7. The van der Waals surface area contributed by atoms with E-state index in [0.717, 1.165) is 147 Å². The Morgan fingerprint density at radius 2 is 1.10 bits per heavy atom. The molecule has 6 heterocycles. The minimum atomic E-state index is -1.63. The number of likely N-dealkylation sites (tertiary alicyclic amines) is 2. The molecule has 4 aromatic carbocycles. The van der Waals surface area contributed by atoms with Gasteiger partial charge in [0.15, 0.2) is 0 Å². The van der Waals surface area contributed by atoms with Gasteiger partial charge in [-0.15, -0.1) is 0 Å². The van der Waals surface area contributed by atoms with Crippen molar-refractivity contribution in [2.75, 3.05) is 53.6 Å². The van der Waals surface area contributed by atoms with Crippen LogP contribution in [-0.2, 0) is 45.0 Å². The van der Waals surface area contributed by atoms with Gasteiger partial charge in [0, 0.05) is 114 Å². The number of rotatable bonds is 20. The molecule has 4 aromatic heterocycles. The maximum Gasteiger partial charge on any atom is 0.488 e. The van der Waals surface area contributed by atoms with Crippen LogP contribution < -0.4 is 5.46 Å². The summed E-state index contributed by atoms with van der Waals surface area (Å²) in [6.45, 7) is 10.7. The summed E-state index contributed by atoms with van der Waals surface area (Å²) in [5, 5.41) is 17.0. The molecule has 0 aliphatic carbocycles. The minimum absolute atomic E-state index is 0. The lowest BCUT2D eigenvalue weighted by Crippen LogP contribution is -2.40. The number of carbonyl (C=O) groups is 2. The molecule has 18 heteroatoms. The lowest BCUT2D eigenvalue weighted by molar-refractivity contribution is -0.134. The van der Waals surface area contributed by atoms with Crippen LogP contribution >= 0.6 is 15.9 Å². The topological polar surface area (TPSA) is 161 Å². The number of aromatic nitrogens is 6. The number of fused-ring (bicyclic) bond motifs is 2. The summed E-state index contributed by atoms with van der Waals surface area (Å²) >= 11 is 3.49. The number of para-hydroxylation sites is 4. The maximum atomic E-state index is 13.5. The average molecular weight is 1200 g/mol. The van der Waals surface area contributed by atoms with Crippen molar-refractivity contribution in [3.63, 3.8) is 0 Å². The van der Waals surface area contributed by atoms with Gasteiger partial charge in [0.05, 0.1) is 22.1 Å². The van der Waals surface area contributed by atoms with E-state index in [2.05, 4.69) is 127 Å². The Hall–Kier alpha value is -6.70. The fourth-order valence-electron chi connectivity index (χ4n) is 11.3. The lowest BCUT2D eigenvalue weighted by atomic mass is 9.81. The highest BCUT2D eigenvalue weighted by atomic mass is 79.9.